The number of rotatable bonds is 9. The molecule has 0 radical (unpaired) electrons. The largest absolute Gasteiger partial charge is 0.455 e. The highest BCUT2D eigenvalue weighted by Crippen LogP contribution is 2.46. The fourth-order valence-corrected chi connectivity index (χ4v) is 11.3. The van der Waals surface area contributed by atoms with Gasteiger partial charge in [0, 0.05) is 16.4 Å². The molecule has 0 spiro atoms. The lowest BCUT2D eigenvalue weighted by Gasteiger charge is -2.45. The number of ether oxygens (including phenoxy) is 2. The Bertz CT molecular complexity index is 1600. The molecule has 10 nitrogen and oxygen atoms in total. The molecule has 2 aromatic heterocycles. The molecule has 1 aliphatic rings. The van der Waals surface area contributed by atoms with Crippen LogP contribution in [-0.2, 0) is 23.2 Å². The first-order valence-electron chi connectivity index (χ1n) is 14.4. The molecule has 5 rings (SSSR count). The van der Waals surface area contributed by atoms with Crippen molar-refractivity contribution in [2.24, 2.45) is 0 Å². The van der Waals surface area contributed by atoms with Crippen LogP contribution in [0.3, 0.4) is 0 Å². The van der Waals surface area contributed by atoms with Gasteiger partial charge in [-0.15, -0.1) is 0 Å². The van der Waals surface area contributed by atoms with Gasteiger partial charge in [-0.2, -0.15) is 0 Å². The van der Waals surface area contributed by atoms with Crippen molar-refractivity contribution in [1.82, 2.24) is 19.5 Å². The monoisotopic (exact) mass is 622 g/mol. The Morgan fingerprint density at radius 2 is 1.72 bits per heavy atom. The minimum absolute atomic E-state index is 0.157. The summed E-state index contributed by atoms with van der Waals surface area (Å²) in [6, 6.07) is 20.7. The van der Waals surface area contributed by atoms with Crippen LogP contribution in [0.1, 0.15) is 53.1 Å². The van der Waals surface area contributed by atoms with E-state index in [1.165, 1.54) is 13.3 Å². The summed E-state index contributed by atoms with van der Waals surface area (Å²) in [4.78, 5) is 36.5. The van der Waals surface area contributed by atoms with Crippen LogP contribution >= 0.6 is 9.47 Å². The van der Waals surface area contributed by atoms with Crippen molar-refractivity contribution in [3.05, 3.63) is 83.2 Å². The molecule has 1 unspecified atom stereocenters. The first-order valence-corrected chi connectivity index (χ1v) is 16.7. The van der Waals surface area contributed by atoms with Crippen molar-refractivity contribution in [1.29, 1.82) is 0 Å². The number of hydrogen-bond acceptors (Lipinski definition) is 8. The van der Waals surface area contributed by atoms with Crippen molar-refractivity contribution >= 4 is 45.3 Å². The summed E-state index contributed by atoms with van der Waals surface area (Å²) in [5.41, 5.74) is -0.909. The number of nitrogens with one attached hydrogen (secondary N) is 1. The van der Waals surface area contributed by atoms with E-state index >= 15 is 0 Å². The van der Waals surface area contributed by atoms with Crippen LogP contribution in [0.25, 0.3) is 11.2 Å². The van der Waals surface area contributed by atoms with Gasteiger partial charge < -0.3 is 23.4 Å². The van der Waals surface area contributed by atoms with Gasteiger partial charge in [0.25, 0.3) is 13.9 Å². The third kappa shape index (κ3) is 5.49. The number of carbonyl (C=O) groups is 1. The predicted octanol–water partition coefficient (Wildman–Crippen LogP) is 3.79. The Balaban J connectivity index is 1.63. The summed E-state index contributed by atoms with van der Waals surface area (Å²) in [6.45, 7) is 11.8. The van der Waals surface area contributed by atoms with Crippen LogP contribution in [0.4, 0.5) is 0 Å². The van der Waals surface area contributed by atoms with E-state index in [2.05, 4.69) is 69.5 Å². The molecule has 2 aromatic carbocycles. The summed E-state index contributed by atoms with van der Waals surface area (Å²) in [6.07, 6.45) is -0.511. The Labute approximate surface area is 254 Å². The van der Waals surface area contributed by atoms with Gasteiger partial charge in [0.05, 0.1) is 12.9 Å². The Hall–Kier alpha value is -3.21. The molecule has 43 heavy (non-hydrogen) atoms. The van der Waals surface area contributed by atoms with E-state index in [0.29, 0.717) is 17.9 Å². The summed E-state index contributed by atoms with van der Waals surface area (Å²) in [5, 5.41) is 2.00. The average Bonchev–Trinajstić information content (AvgIpc) is 3.52. The minimum atomic E-state index is -2.95. The van der Waals surface area contributed by atoms with E-state index in [-0.39, 0.29) is 22.7 Å². The lowest BCUT2D eigenvalue weighted by Crippen LogP contribution is -2.68. The number of benzene rings is 2. The van der Waals surface area contributed by atoms with Crippen molar-refractivity contribution in [2.75, 3.05) is 6.61 Å². The number of aromatic amines is 1. The van der Waals surface area contributed by atoms with Crippen molar-refractivity contribution in [3.8, 4) is 0 Å². The minimum Gasteiger partial charge on any atom is -0.455 e. The molecule has 1 saturated heterocycles. The van der Waals surface area contributed by atoms with Crippen molar-refractivity contribution in [3.63, 3.8) is 0 Å². The first-order chi connectivity index (χ1) is 20.5. The van der Waals surface area contributed by atoms with Crippen LogP contribution in [0.2, 0.25) is 5.04 Å². The molecular weight excluding hydrogens is 583 g/mol. The van der Waals surface area contributed by atoms with E-state index in [9.17, 15) is 9.59 Å². The molecule has 1 aliphatic heterocycles. The third-order valence-electron chi connectivity index (χ3n) is 8.28. The molecule has 12 heteroatoms. The van der Waals surface area contributed by atoms with Gasteiger partial charge >= 0.3 is 5.97 Å². The number of aryl methyl sites for hydroxylation is 1. The molecule has 0 bridgehead atoms. The first kappa shape index (κ1) is 31.2. The number of nitrogens with zero attached hydrogens (tertiary/aromatic N) is 3. The molecule has 0 saturated carbocycles. The second-order valence-corrected chi connectivity index (χ2v) is 16.6. The quantitative estimate of drug-likeness (QED) is 0.170. The van der Waals surface area contributed by atoms with E-state index in [1.807, 2.05) is 43.3 Å². The highest BCUT2D eigenvalue weighted by molar-refractivity contribution is 7.09. The molecule has 3 heterocycles. The topological polar surface area (TPSA) is 118 Å². The van der Waals surface area contributed by atoms with Gasteiger partial charge in [0.1, 0.15) is 17.5 Å². The van der Waals surface area contributed by atoms with Crippen LogP contribution < -0.4 is 15.9 Å². The average molecular weight is 623 g/mol. The maximum Gasteiger partial charge on any atom is 0.303 e. The molecule has 4 aromatic rings. The van der Waals surface area contributed by atoms with Crippen molar-refractivity contribution < 1.29 is 23.2 Å². The zero-order valence-electron chi connectivity index (χ0n) is 25.4. The second-order valence-electron chi connectivity index (χ2n) is 12.0. The zero-order valence-corrected chi connectivity index (χ0v) is 27.5. The smallest absolute Gasteiger partial charge is 0.303 e. The van der Waals surface area contributed by atoms with Crippen LogP contribution in [0.5, 0.6) is 0 Å². The fraction of sp³-hybridized carbons (Fsp3) is 0.419. The molecule has 5 atom stereocenters. The summed E-state index contributed by atoms with van der Waals surface area (Å²) < 4.78 is 27.7. The molecule has 1 N–H and O–H groups in total. The van der Waals surface area contributed by atoms with Gasteiger partial charge in [-0.05, 0) is 28.8 Å². The lowest BCUT2D eigenvalue weighted by atomic mass is 9.93. The van der Waals surface area contributed by atoms with Gasteiger partial charge in [0.2, 0.25) is 0 Å². The van der Waals surface area contributed by atoms with E-state index < -0.39 is 38.3 Å². The zero-order chi connectivity index (χ0) is 31.0. The van der Waals surface area contributed by atoms with E-state index in [4.69, 9.17) is 18.4 Å². The summed E-state index contributed by atoms with van der Waals surface area (Å²) in [5.74, 6) is -0.0613. The number of carbonyl (C=O) groups excluding carboxylic acids is 1. The highest BCUT2D eigenvalue weighted by Gasteiger charge is 2.60. The number of fused-ring (bicyclic) bond motifs is 1. The molecular formula is C31H39N4O6PSi. The highest BCUT2D eigenvalue weighted by atomic mass is 31.0. The van der Waals surface area contributed by atoms with Crippen molar-refractivity contribution in [2.45, 2.75) is 77.0 Å². The number of imidazole rings is 1. The van der Waals surface area contributed by atoms with Gasteiger partial charge in [-0.1, -0.05) is 88.4 Å². The number of esters is 1. The third-order valence-corrected chi connectivity index (χ3v) is 13.6. The summed E-state index contributed by atoms with van der Waals surface area (Å²) in [7, 11) is -0.638. The van der Waals surface area contributed by atoms with Gasteiger partial charge in [-0.25, -0.2) is 9.97 Å². The van der Waals surface area contributed by atoms with Crippen LogP contribution in [0, 0.1) is 6.92 Å². The fourth-order valence-electron chi connectivity index (χ4n) is 6.27. The molecule has 228 valence electrons. The predicted molar refractivity (Wildman–Crippen MR) is 170 cm³/mol. The Morgan fingerprint density at radius 1 is 1.12 bits per heavy atom. The maximum atomic E-state index is 12.6. The van der Waals surface area contributed by atoms with Gasteiger partial charge in [0.15, 0.2) is 23.5 Å². The number of H-pyrrole nitrogens is 1. The lowest BCUT2D eigenvalue weighted by molar-refractivity contribution is -0.155. The maximum absolute atomic E-state index is 12.6. The molecule has 0 aliphatic carbocycles. The molecule has 0 amide bonds. The Kier molecular flexibility index (Phi) is 8.75. The number of aromatic nitrogens is 4. The SMILES string of the molecule is CC[C@@]1(CO[Si](c2ccccc2)(c2ccccc2)C(C)(C)C)O[C@@H](n2cnc3c(=O)[nH]c(C)nc32)[C@@H](OC(C)=O)[C@@H]1OP. The normalized spacial score (nSPS) is 22.6. The van der Waals surface area contributed by atoms with Crippen LogP contribution in [0.15, 0.2) is 71.8 Å². The van der Waals surface area contributed by atoms with E-state index in [1.54, 1.807) is 11.5 Å². The summed E-state index contributed by atoms with van der Waals surface area (Å²) >= 11 is 0. The molecule has 1 fully saturated rings. The van der Waals surface area contributed by atoms with Crippen LogP contribution in [-0.4, -0.2) is 58.2 Å². The second kappa shape index (κ2) is 12.1. The standard InChI is InChI=1S/C31H39N4O6PSi/c1-7-31(18-38-43(30(4,5)6,22-14-10-8-11-15-22)23-16-12-9-13-17-23)26(41-42)25(39-21(3)36)29(40-31)35-19-32-24-27(35)33-20(2)34-28(24)37/h8-17,19,25-26,29H,7,18,42H2,1-6H3,(H,33,34,37)/t25-,26-,29+,31-/m0/s1. The number of hydrogen-bond donors (Lipinski definition) is 1. The van der Waals surface area contributed by atoms with E-state index in [0.717, 1.165) is 10.4 Å². The van der Waals surface area contributed by atoms with Gasteiger partial charge in [-0.3, -0.25) is 14.2 Å². The Morgan fingerprint density at radius 3 is 2.23 bits per heavy atom.